The lowest BCUT2D eigenvalue weighted by atomic mass is 10.00. The van der Waals surface area contributed by atoms with Gasteiger partial charge < -0.3 is 0 Å². The topological polar surface area (TPSA) is 54.5 Å². The van der Waals surface area contributed by atoms with Crippen LogP contribution in [0.25, 0.3) is 0 Å². The van der Waals surface area contributed by atoms with Crippen LogP contribution < -0.4 is 0 Å². The van der Waals surface area contributed by atoms with Crippen LogP contribution in [0.1, 0.15) is 36.5 Å². The molecule has 0 N–H and O–H groups in total. The summed E-state index contributed by atoms with van der Waals surface area (Å²) in [6, 6.07) is 8.81. The normalized spacial score (nSPS) is 28.0. The summed E-state index contributed by atoms with van der Waals surface area (Å²) in [6.07, 6.45) is 2.60. The van der Waals surface area contributed by atoms with E-state index in [1.54, 1.807) is 24.3 Å². The number of nitrogens with zero attached hydrogens (tertiary/aromatic N) is 1. The highest BCUT2D eigenvalue weighted by atomic mass is 16.2. The molecule has 4 nitrogen and oxygen atoms in total. The SMILES string of the molecule is CCC1CC2C(=O)N(CC(=O)c3ccccc3)C(=O)C2C1. The van der Waals surface area contributed by atoms with Crippen molar-refractivity contribution in [3.63, 3.8) is 0 Å². The quantitative estimate of drug-likeness (QED) is 0.630. The molecule has 1 aromatic rings. The number of benzene rings is 1. The second-order valence-electron chi connectivity index (χ2n) is 6.01. The van der Waals surface area contributed by atoms with E-state index in [2.05, 4.69) is 6.92 Å². The first-order valence-corrected chi connectivity index (χ1v) is 7.55. The Bertz CT molecular complexity index is 557. The third kappa shape index (κ3) is 2.39. The fourth-order valence-electron chi connectivity index (χ4n) is 3.55. The van der Waals surface area contributed by atoms with E-state index in [1.165, 1.54) is 4.90 Å². The number of fused-ring (bicyclic) bond motifs is 1. The van der Waals surface area contributed by atoms with Gasteiger partial charge in [-0.3, -0.25) is 19.3 Å². The molecule has 1 aliphatic heterocycles. The maximum atomic E-state index is 12.4. The van der Waals surface area contributed by atoms with Crippen molar-refractivity contribution in [1.82, 2.24) is 4.90 Å². The average molecular weight is 285 g/mol. The Morgan fingerprint density at radius 3 is 2.19 bits per heavy atom. The van der Waals surface area contributed by atoms with Gasteiger partial charge >= 0.3 is 0 Å². The minimum absolute atomic E-state index is 0.120. The van der Waals surface area contributed by atoms with Crippen LogP contribution in [-0.4, -0.2) is 29.0 Å². The Morgan fingerprint density at radius 1 is 1.10 bits per heavy atom. The Morgan fingerprint density at radius 2 is 1.67 bits per heavy atom. The molecule has 2 atom stereocenters. The van der Waals surface area contributed by atoms with E-state index in [0.29, 0.717) is 11.5 Å². The molecule has 21 heavy (non-hydrogen) atoms. The number of rotatable bonds is 4. The van der Waals surface area contributed by atoms with Gasteiger partial charge in [-0.05, 0) is 18.8 Å². The molecular weight excluding hydrogens is 266 g/mol. The Hall–Kier alpha value is -1.97. The summed E-state index contributed by atoms with van der Waals surface area (Å²) < 4.78 is 0. The molecule has 4 heteroatoms. The first-order valence-electron chi connectivity index (χ1n) is 7.55. The number of carbonyl (C=O) groups excluding carboxylic acids is 3. The number of hydrogen-bond donors (Lipinski definition) is 0. The first kappa shape index (κ1) is 14.0. The van der Waals surface area contributed by atoms with E-state index in [4.69, 9.17) is 0 Å². The molecule has 1 saturated carbocycles. The van der Waals surface area contributed by atoms with Crippen LogP contribution in [0.4, 0.5) is 0 Å². The lowest BCUT2D eigenvalue weighted by Gasteiger charge is -2.16. The monoisotopic (exact) mass is 285 g/mol. The number of likely N-dealkylation sites (tertiary alicyclic amines) is 1. The van der Waals surface area contributed by atoms with Crippen molar-refractivity contribution in [3.05, 3.63) is 35.9 Å². The number of Topliss-reactive ketones (excluding diaryl/α,β-unsaturated/α-hetero) is 1. The van der Waals surface area contributed by atoms with Crippen LogP contribution in [0.5, 0.6) is 0 Å². The van der Waals surface area contributed by atoms with Crippen LogP contribution in [0, 0.1) is 17.8 Å². The second kappa shape index (κ2) is 5.43. The predicted octanol–water partition coefficient (Wildman–Crippen LogP) is 2.29. The maximum absolute atomic E-state index is 12.4. The van der Waals surface area contributed by atoms with Crippen molar-refractivity contribution in [3.8, 4) is 0 Å². The first-order chi connectivity index (χ1) is 10.1. The summed E-state index contributed by atoms with van der Waals surface area (Å²) in [5.74, 6) is -0.378. The van der Waals surface area contributed by atoms with Crippen molar-refractivity contribution >= 4 is 17.6 Å². The third-order valence-corrected chi connectivity index (χ3v) is 4.80. The van der Waals surface area contributed by atoms with Gasteiger partial charge in [-0.15, -0.1) is 0 Å². The molecule has 1 saturated heterocycles. The van der Waals surface area contributed by atoms with Gasteiger partial charge in [0.1, 0.15) is 0 Å². The summed E-state index contributed by atoms with van der Waals surface area (Å²) in [4.78, 5) is 38.1. The van der Waals surface area contributed by atoms with Gasteiger partial charge in [0.05, 0.1) is 18.4 Å². The second-order valence-corrected chi connectivity index (χ2v) is 6.01. The van der Waals surface area contributed by atoms with E-state index in [1.807, 2.05) is 6.07 Å². The number of hydrogen-bond acceptors (Lipinski definition) is 3. The van der Waals surface area contributed by atoms with Gasteiger partial charge in [0.15, 0.2) is 5.78 Å². The van der Waals surface area contributed by atoms with Crippen LogP contribution in [-0.2, 0) is 9.59 Å². The summed E-state index contributed by atoms with van der Waals surface area (Å²) in [5, 5.41) is 0. The Labute approximate surface area is 124 Å². The van der Waals surface area contributed by atoms with Crippen molar-refractivity contribution < 1.29 is 14.4 Å². The number of carbonyl (C=O) groups is 3. The summed E-state index contributed by atoms with van der Waals surface area (Å²) >= 11 is 0. The maximum Gasteiger partial charge on any atom is 0.233 e. The van der Waals surface area contributed by atoms with E-state index in [9.17, 15) is 14.4 Å². The predicted molar refractivity (Wildman–Crippen MR) is 77.5 cm³/mol. The Kier molecular flexibility index (Phi) is 3.62. The van der Waals surface area contributed by atoms with Gasteiger partial charge in [-0.1, -0.05) is 43.7 Å². The van der Waals surface area contributed by atoms with Crippen LogP contribution in [0.2, 0.25) is 0 Å². The van der Waals surface area contributed by atoms with Gasteiger partial charge in [0, 0.05) is 5.56 Å². The van der Waals surface area contributed by atoms with Gasteiger partial charge in [0.25, 0.3) is 0 Å². The highest BCUT2D eigenvalue weighted by Gasteiger charge is 2.52. The van der Waals surface area contributed by atoms with Crippen molar-refractivity contribution in [2.24, 2.45) is 17.8 Å². The zero-order valence-corrected chi connectivity index (χ0v) is 12.1. The van der Waals surface area contributed by atoms with Crippen LogP contribution in [0.15, 0.2) is 30.3 Å². The fraction of sp³-hybridized carbons (Fsp3) is 0.471. The molecule has 1 heterocycles. The molecular formula is C17H19NO3. The molecule has 0 aromatic heterocycles. The number of amides is 2. The fourth-order valence-corrected chi connectivity index (χ4v) is 3.55. The summed E-state index contributed by atoms with van der Waals surface area (Å²) in [6.45, 7) is 1.98. The molecule has 1 aromatic carbocycles. The third-order valence-electron chi connectivity index (χ3n) is 4.80. The Balaban J connectivity index is 1.72. The molecule has 110 valence electrons. The highest BCUT2D eigenvalue weighted by molar-refractivity contribution is 6.10. The smallest absolute Gasteiger partial charge is 0.233 e. The lowest BCUT2D eigenvalue weighted by Crippen LogP contribution is -2.36. The molecule has 2 fully saturated rings. The summed E-state index contributed by atoms with van der Waals surface area (Å²) in [5.41, 5.74) is 0.543. The molecule has 2 unspecified atom stereocenters. The van der Waals surface area contributed by atoms with Crippen LogP contribution in [0.3, 0.4) is 0 Å². The van der Waals surface area contributed by atoms with E-state index in [-0.39, 0.29) is 36.0 Å². The molecule has 0 radical (unpaired) electrons. The molecule has 3 rings (SSSR count). The summed E-state index contributed by atoms with van der Waals surface area (Å²) in [7, 11) is 0. The van der Waals surface area contributed by atoms with Crippen molar-refractivity contribution in [1.29, 1.82) is 0 Å². The van der Waals surface area contributed by atoms with E-state index >= 15 is 0 Å². The molecule has 2 amide bonds. The van der Waals surface area contributed by atoms with Crippen molar-refractivity contribution in [2.75, 3.05) is 6.54 Å². The highest BCUT2D eigenvalue weighted by Crippen LogP contribution is 2.44. The lowest BCUT2D eigenvalue weighted by molar-refractivity contribution is -0.139. The van der Waals surface area contributed by atoms with Crippen LogP contribution >= 0.6 is 0 Å². The number of ketones is 1. The minimum atomic E-state index is -0.189. The largest absolute Gasteiger partial charge is 0.292 e. The molecule has 2 aliphatic rings. The standard InChI is InChI=1S/C17H19NO3/c1-2-11-8-13-14(9-11)17(21)18(16(13)20)10-15(19)12-6-4-3-5-7-12/h3-7,11,13-14H,2,8-10H2,1H3. The van der Waals surface area contributed by atoms with Crippen molar-refractivity contribution in [2.45, 2.75) is 26.2 Å². The van der Waals surface area contributed by atoms with Gasteiger partial charge in [-0.2, -0.15) is 0 Å². The molecule has 1 aliphatic carbocycles. The molecule has 0 spiro atoms. The average Bonchev–Trinajstić information content (AvgIpc) is 3.03. The molecule has 0 bridgehead atoms. The van der Waals surface area contributed by atoms with E-state index < -0.39 is 0 Å². The zero-order valence-electron chi connectivity index (χ0n) is 12.1. The van der Waals surface area contributed by atoms with E-state index in [0.717, 1.165) is 19.3 Å². The van der Waals surface area contributed by atoms with Gasteiger partial charge in [0.2, 0.25) is 11.8 Å². The number of imide groups is 1. The minimum Gasteiger partial charge on any atom is -0.292 e. The zero-order chi connectivity index (χ0) is 15.0. The van der Waals surface area contributed by atoms with Gasteiger partial charge in [-0.25, -0.2) is 0 Å².